The number of amides is 2. The second-order valence-electron chi connectivity index (χ2n) is 11.6. The number of anilines is 2. The van der Waals surface area contributed by atoms with Gasteiger partial charge in [-0.1, -0.05) is 24.3 Å². The Bertz CT molecular complexity index is 2000. The third kappa shape index (κ3) is 11.8. The number of nitrogens with zero attached hydrogens (tertiary/aromatic N) is 2. The van der Waals surface area contributed by atoms with Crippen LogP contribution in [0.2, 0.25) is 0 Å². The van der Waals surface area contributed by atoms with Crippen LogP contribution in [-0.2, 0) is 12.5 Å². The predicted molar refractivity (Wildman–Crippen MR) is 205 cm³/mol. The Morgan fingerprint density at radius 2 is 1.04 bits per heavy atom. The minimum Gasteiger partial charge on any atom is -0.508 e. The van der Waals surface area contributed by atoms with E-state index in [1.54, 1.807) is 61.2 Å². The maximum atomic E-state index is 12.4. The highest BCUT2D eigenvalue weighted by Crippen LogP contribution is 2.21. The zero-order valence-electron chi connectivity index (χ0n) is 29.1. The molecule has 0 saturated carbocycles. The van der Waals surface area contributed by atoms with Gasteiger partial charge >= 0.3 is 0 Å². The van der Waals surface area contributed by atoms with Crippen LogP contribution < -0.4 is 15.4 Å². The number of aryl methyl sites for hydroxylation is 2. The SMILES string of the molecule is Cc1cccc(NC(=O)c2ccc(O)cc2)c1C.Cc1cccc(NC(=O)c2ccc(OCc3ccncc3)cc2)c1C.ClCc1ccncc1. The van der Waals surface area contributed by atoms with Crippen LogP contribution in [0.15, 0.2) is 134 Å². The normalized spacial score (nSPS) is 10.1. The summed E-state index contributed by atoms with van der Waals surface area (Å²) in [4.78, 5) is 32.2. The second-order valence-corrected chi connectivity index (χ2v) is 11.9. The number of hydrogen-bond donors (Lipinski definition) is 3. The number of alkyl halides is 1. The van der Waals surface area contributed by atoms with E-state index in [-0.39, 0.29) is 17.6 Å². The van der Waals surface area contributed by atoms with Crippen LogP contribution in [-0.4, -0.2) is 26.9 Å². The molecule has 2 aromatic heterocycles. The van der Waals surface area contributed by atoms with Crippen molar-refractivity contribution in [2.45, 2.75) is 40.2 Å². The lowest BCUT2D eigenvalue weighted by Gasteiger charge is -2.11. The number of aromatic hydroxyl groups is 1. The summed E-state index contributed by atoms with van der Waals surface area (Å²) in [5, 5.41) is 15.0. The van der Waals surface area contributed by atoms with Crippen LogP contribution in [0.25, 0.3) is 0 Å². The first kappa shape index (κ1) is 37.8. The third-order valence-corrected chi connectivity index (χ3v) is 8.32. The summed E-state index contributed by atoms with van der Waals surface area (Å²) in [5.74, 6) is 1.14. The number of rotatable bonds is 8. The van der Waals surface area contributed by atoms with E-state index in [2.05, 4.69) is 20.6 Å². The fourth-order valence-electron chi connectivity index (χ4n) is 4.59. The molecular formula is C42H41ClN4O4. The molecular weight excluding hydrogens is 660 g/mol. The Hall–Kier alpha value is -5.99. The van der Waals surface area contributed by atoms with Gasteiger partial charge in [0.15, 0.2) is 0 Å². The van der Waals surface area contributed by atoms with Crippen LogP contribution in [0.3, 0.4) is 0 Å². The molecule has 260 valence electrons. The Morgan fingerprint density at radius 3 is 1.47 bits per heavy atom. The Labute approximate surface area is 304 Å². The summed E-state index contributed by atoms with van der Waals surface area (Å²) in [5.41, 5.74) is 9.35. The standard InChI is InChI=1S/C21H20N2O2.C15H15NO2.C6H6ClN/c1-15-4-3-5-20(16(15)2)23-21(24)18-6-8-19(9-7-18)25-14-17-10-12-22-13-11-17;1-10-4-3-5-14(11(10)2)16-15(18)12-6-8-13(17)9-7-12;7-5-6-1-3-8-4-2-6/h3-13H,14H2,1-2H3,(H,23,24);3-9,17H,1-2H3,(H,16,18);1-4H,5H2. The summed E-state index contributed by atoms with van der Waals surface area (Å²) < 4.78 is 5.72. The predicted octanol–water partition coefficient (Wildman–Crippen LogP) is 9.61. The second kappa shape index (κ2) is 19.3. The molecule has 0 spiro atoms. The molecule has 2 heterocycles. The lowest BCUT2D eigenvalue weighted by molar-refractivity contribution is 0.101. The first-order valence-electron chi connectivity index (χ1n) is 16.3. The van der Waals surface area contributed by atoms with Crippen molar-refractivity contribution in [3.05, 3.63) is 178 Å². The van der Waals surface area contributed by atoms with Crippen molar-refractivity contribution < 1.29 is 19.4 Å². The Balaban J connectivity index is 0.000000194. The largest absolute Gasteiger partial charge is 0.508 e. The van der Waals surface area contributed by atoms with Gasteiger partial charge in [0.05, 0.1) is 0 Å². The van der Waals surface area contributed by atoms with E-state index in [4.69, 9.17) is 16.3 Å². The summed E-state index contributed by atoms with van der Waals surface area (Å²) in [6, 6.07) is 32.6. The van der Waals surface area contributed by atoms with E-state index >= 15 is 0 Å². The minimum absolute atomic E-state index is 0.130. The van der Waals surface area contributed by atoms with Gasteiger partial charge in [-0.25, -0.2) is 0 Å². The molecule has 0 bridgehead atoms. The van der Waals surface area contributed by atoms with Gasteiger partial charge in [-0.2, -0.15) is 0 Å². The number of nitrogens with one attached hydrogen (secondary N) is 2. The summed E-state index contributed by atoms with van der Waals surface area (Å²) in [7, 11) is 0. The average Bonchev–Trinajstić information content (AvgIpc) is 3.16. The summed E-state index contributed by atoms with van der Waals surface area (Å²) >= 11 is 5.50. The molecule has 0 unspecified atom stereocenters. The molecule has 0 aliphatic carbocycles. The van der Waals surface area contributed by atoms with Crippen molar-refractivity contribution in [2.24, 2.45) is 0 Å². The third-order valence-electron chi connectivity index (χ3n) is 8.01. The quantitative estimate of drug-likeness (QED) is 0.136. The van der Waals surface area contributed by atoms with E-state index in [0.29, 0.717) is 23.6 Å². The van der Waals surface area contributed by atoms with E-state index < -0.39 is 0 Å². The van der Waals surface area contributed by atoms with Crippen LogP contribution in [0.5, 0.6) is 11.5 Å². The zero-order valence-corrected chi connectivity index (χ0v) is 29.8. The van der Waals surface area contributed by atoms with Crippen molar-refractivity contribution in [1.82, 2.24) is 9.97 Å². The van der Waals surface area contributed by atoms with Gasteiger partial charge in [-0.3, -0.25) is 19.6 Å². The molecule has 0 aliphatic heterocycles. The minimum atomic E-state index is -0.177. The van der Waals surface area contributed by atoms with Crippen molar-refractivity contribution in [3.8, 4) is 11.5 Å². The zero-order chi connectivity index (χ0) is 36.6. The first-order chi connectivity index (χ1) is 24.6. The van der Waals surface area contributed by atoms with Crippen molar-refractivity contribution >= 4 is 34.8 Å². The first-order valence-corrected chi connectivity index (χ1v) is 16.8. The highest BCUT2D eigenvalue weighted by molar-refractivity contribution is 6.17. The monoisotopic (exact) mass is 700 g/mol. The number of pyridine rings is 2. The Morgan fingerprint density at radius 1 is 0.608 bits per heavy atom. The van der Waals surface area contributed by atoms with Crippen LogP contribution >= 0.6 is 11.6 Å². The lowest BCUT2D eigenvalue weighted by atomic mass is 10.1. The number of phenolic OH excluding ortho intramolecular Hbond substituents is 1. The van der Waals surface area contributed by atoms with E-state index in [0.717, 1.165) is 50.5 Å². The average molecular weight is 701 g/mol. The van der Waals surface area contributed by atoms with E-state index in [1.807, 2.05) is 88.4 Å². The number of benzene rings is 4. The molecule has 0 atom stereocenters. The van der Waals surface area contributed by atoms with Gasteiger partial charge < -0.3 is 20.5 Å². The van der Waals surface area contributed by atoms with E-state index in [9.17, 15) is 14.7 Å². The molecule has 0 saturated heterocycles. The van der Waals surface area contributed by atoms with Gasteiger partial charge in [0, 0.05) is 53.2 Å². The van der Waals surface area contributed by atoms with Gasteiger partial charge in [0.25, 0.3) is 11.8 Å². The van der Waals surface area contributed by atoms with Crippen LogP contribution in [0.1, 0.15) is 54.1 Å². The van der Waals surface area contributed by atoms with Gasteiger partial charge in [0.2, 0.25) is 0 Å². The number of aromatic nitrogens is 2. The molecule has 3 N–H and O–H groups in total. The summed E-state index contributed by atoms with van der Waals surface area (Å²) in [6.45, 7) is 8.48. The van der Waals surface area contributed by atoms with Crippen LogP contribution in [0, 0.1) is 27.7 Å². The van der Waals surface area contributed by atoms with Gasteiger partial charge in [-0.15, -0.1) is 11.6 Å². The number of hydrogen-bond acceptors (Lipinski definition) is 6. The maximum Gasteiger partial charge on any atom is 0.255 e. The fourth-order valence-corrected chi connectivity index (χ4v) is 4.77. The maximum absolute atomic E-state index is 12.4. The molecule has 0 aliphatic rings. The van der Waals surface area contributed by atoms with Crippen molar-refractivity contribution in [1.29, 1.82) is 0 Å². The Kier molecular flexibility index (Phi) is 14.3. The molecule has 4 aromatic carbocycles. The molecule has 51 heavy (non-hydrogen) atoms. The van der Waals surface area contributed by atoms with Gasteiger partial charge in [0.1, 0.15) is 18.1 Å². The van der Waals surface area contributed by atoms with Crippen molar-refractivity contribution in [2.75, 3.05) is 10.6 Å². The topological polar surface area (TPSA) is 113 Å². The van der Waals surface area contributed by atoms with Crippen LogP contribution in [0.4, 0.5) is 11.4 Å². The summed E-state index contributed by atoms with van der Waals surface area (Å²) in [6.07, 6.45) is 6.94. The highest BCUT2D eigenvalue weighted by Gasteiger charge is 2.10. The van der Waals surface area contributed by atoms with E-state index in [1.165, 1.54) is 12.1 Å². The van der Waals surface area contributed by atoms with Crippen molar-refractivity contribution in [3.63, 3.8) is 0 Å². The molecule has 2 amide bonds. The number of halogens is 1. The molecule has 6 aromatic rings. The number of carbonyl (C=O) groups excluding carboxylic acids is 2. The van der Waals surface area contributed by atoms with Gasteiger partial charge in [-0.05, 0) is 146 Å². The molecule has 0 fully saturated rings. The smallest absolute Gasteiger partial charge is 0.255 e. The fraction of sp³-hybridized carbons (Fsp3) is 0.143. The molecule has 6 rings (SSSR count). The number of ether oxygens (including phenoxy) is 1. The number of carbonyl (C=O) groups is 2. The molecule has 9 heteroatoms. The highest BCUT2D eigenvalue weighted by atomic mass is 35.5. The molecule has 0 radical (unpaired) electrons. The lowest BCUT2D eigenvalue weighted by Crippen LogP contribution is -2.13. The number of phenols is 1. The molecule has 8 nitrogen and oxygen atoms in total.